The lowest BCUT2D eigenvalue weighted by atomic mass is 9.79. The number of nitrogens with zero attached hydrogens (tertiary/aromatic N) is 2. The molecule has 0 saturated heterocycles. The zero-order chi connectivity index (χ0) is 24.0. The predicted octanol–water partition coefficient (Wildman–Crippen LogP) is 6.96. The van der Waals surface area contributed by atoms with Crippen molar-refractivity contribution in [2.24, 2.45) is 0 Å². The summed E-state index contributed by atoms with van der Waals surface area (Å²) >= 11 is 0. The highest BCUT2D eigenvalue weighted by molar-refractivity contribution is 5.64. The van der Waals surface area contributed by atoms with E-state index in [9.17, 15) is 26.3 Å². The van der Waals surface area contributed by atoms with Crippen molar-refractivity contribution in [2.45, 2.75) is 37.5 Å². The first kappa shape index (κ1) is 22.8. The van der Waals surface area contributed by atoms with E-state index in [1.54, 1.807) is 0 Å². The van der Waals surface area contributed by atoms with Gasteiger partial charge >= 0.3 is 12.4 Å². The largest absolute Gasteiger partial charge is 0.453 e. The lowest BCUT2D eigenvalue weighted by Crippen LogP contribution is -2.14. The minimum atomic E-state index is -5.16. The van der Waals surface area contributed by atoms with Crippen LogP contribution in [0.2, 0.25) is 0 Å². The second kappa shape index (κ2) is 8.20. The van der Waals surface area contributed by atoms with Gasteiger partial charge in [-0.25, -0.2) is 9.37 Å². The fraction of sp³-hybridized carbons (Fsp3) is 0.273. The van der Waals surface area contributed by atoms with Crippen molar-refractivity contribution in [3.8, 4) is 22.8 Å². The van der Waals surface area contributed by atoms with Crippen molar-refractivity contribution in [1.82, 2.24) is 9.97 Å². The molecule has 0 bridgehead atoms. The lowest BCUT2D eigenvalue weighted by Gasteiger charge is -2.28. The average Bonchev–Trinajstić information content (AvgIpc) is 2.69. The van der Waals surface area contributed by atoms with E-state index in [2.05, 4.69) is 9.97 Å². The Hall–Kier alpha value is -3.37. The average molecular weight is 471 g/mol. The summed E-state index contributed by atoms with van der Waals surface area (Å²) in [6, 6.07) is 3.89. The van der Waals surface area contributed by atoms with Crippen molar-refractivity contribution in [2.75, 3.05) is 5.73 Å². The summed E-state index contributed by atoms with van der Waals surface area (Å²) in [6.45, 7) is 0. The third kappa shape index (κ3) is 4.57. The number of benzene rings is 2. The molecule has 0 amide bonds. The van der Waals surface area contributed by atoms with Crippen LogP contribution < -0.4 is 10.5 Å². The van der Waals surface area contributed by atoms with E-state index in [0.29, 0.717) is 30.5 Å². The molecule has 1 heterocycles. The Morgan fingerprint density at radius 1 is 0.909 bits per heavy atom. The Morgan fingerprint density at radius 2 is 1.64 bits per heavy atom. The molecule has 33 heavy (non-hydrogen) atoms. The molecule has 1 saturated carbocycles. The Kier molecular flexibility index (Phi) is 5.67. The molecule has 11 heteroatoms. The summed E-state index contributed by atoms with van der Waals surface area (Å²) in [5.74, 6) is -2.48. The van der Waals surface area contributed by atoms with Crippen LogP contribution in [-0.2, 0) is 12.4 Å². The molecule has 1 aliphatic carbocycles. The van der Waals surface area contributed by atoms with Gasteiger partial charge in [-0.15, -0.1) is 0 Å². The number of hydrogen-bond donors (Lipinski definition) is 1. The highest BCUT2D eigenvalue weighted by atomic mass is 19.4. The van der Waals surface area contributed by atoms with Gasteiger partial charge in [-0.3, -0.25) is 4.98 Å². The molecule has 2 N–H and O–H groups in total. The Bertz CT molecular complexity index is 1170. The maximum atomic E-state index is 15.5. The van der Waals surface area contributed by atoms with E-state index in [1.165, 1.54) is 24.5 Å². The van der Waals surface area contributed by atoms with Gasteiger partial charge in [0.1, 0.15) is 11.6 Å². The first-order valence-electron chi connectivity index (χ1n) is 9.81. The van der Waals surface area contributed by atoms with Gasteiger partial charge in [0, 0.05) is 11.1 Å². The summed E-state index contributed by atoms with van der Waals surface area (Å²) in [4.78, 5) is 7.80. The summed E-state index contributed by atoms with van der Waals surface area (Å²) < 4.78 is 101. The normalized spacial score (nSPS) is 14.8. The molecule has 1 aromatic heterocycles. The molecule has 0 radical (unpaired) electrons. The highest BCUT2D eigenvalue weighted by Gasteiger charge is 2.39. The van der Waals surface area contributed by atoms with Gasteiger partial charge in [0.05, 0.1) is 29.2 Å². The fourth-order valence-corrected chi connectivity index (χ4v) is 3.52. The molecular formula is C22H16F7N3O. The molecule has 3 aromatic rings. The van der Waals surface area contributed by atoms with Gasteiger partial charge in [-0.2, -0.15) is 26.3 Å². The summed E-state index contributed by atoms with van der Waals surface area (Å²) in [6.07, 6.45) is -5.57. The number of hydrogen-bond acceptors (Lipinski definition) is 4. The quantitative estimate of drug-likeness (QED) is 0.418. The predicted molar refractivity (Wildman–Crippen MR) is 105 cm³/mol. The van der Waals surface area contributed by atoms with Crippen molar-refractivity contribution in [3.63, 3.8) is 0 Å². The minimum absolute atomic E-state index is 0.0500. The smallest absolute Gasteiger partial charge is 0.420 e. The maximum Gasteiger partial charge on any atom is 0.420 e. The van der Waals surface area contributed by atoms with Crippen LogP contribution in [0.15, 0.2) is 42.7 Å². The molecule has 2 aromatic carbocycles. The molecule has 4 nitrogen and oxygen atoms in total. The lowest BCUT2D eigenvalue weighted by molar-refractivity contribution is -0.143. The maximum absolute atomic E-state index is 15.5. The molecule has 1 aliphatic rings. The fourth-order valence-electron chi connectivity index (χ4n) is 3.52. The molecule has 0 unspecified atom stereocenters. The molecular weight excluding hydrogens is 455 g/mol. The Balaban J connectivity index is 1.84. The van der Waals surface area contributed by atoms with Crippen molar-refractivity contribution in [3.05, 3.63) is 65.2 Å². The van der Waals surface area contributed by atoms with Gasteiger partial charge in [0.25, 0.3) is 0 Å². The van der Waals surface area contributed by atoms with Crippen LogP contribution in [0.5, 0.6) is 11.5 Å². The number of ether oxygens (including phenoxy) is 1. The highest BCUT2D eigenvalue weighted by Crippen LogP contribution is 2.47. The Morgan fingerprint density at radius 3 is 2.18 bits per heavy atom. The molecule has 0 aliphatic heterocycles. The summed E-state index contributed by atoms with van der Waals surface area (Å²) in [5, 5.41) is 0. The SMILES string of the molecule is Nc1cnc(-c2ccc(C3CCC3)c(Oc3ccc(C(F)(F)F)cc3C(F)(F)F)c2F)cn1. The summed E-state index contributed by atoms with van der Waals surface area (Å²) in [5.41, 5.74) is 2.64. The van der Waals surface area contributed by atoms with E-state index in [1.807, 2.05) is 0 Å². The van der Waals surface area contributed by atoms with Crippen LogP contribution in [0.3, 0.4) is 0 Å². The topological polar surface area (TPSA) is 61.0 Å². The van der Waals surface area contributed by atoms with Gasteiger partial charge in [-0.1, -0.05) is 12.5 Å². The third-order valence-electron chi connectivity index (χ3n) is 5.44. The number of aromatic nitrogens is 2. The summed E-state index contributed by atoms with van der Waals surface area (Å²) in [7, 11) is 0. The number of rotatable bonds is 4. The number of halogens is 7. The van der Waals surface area contributed by atoms with E-state index in [0.717, 1.165) is 6.42 Å². The molecule has 4 rings (SSSR count). The van der Waals surface area contributed by atoms with E-state index < -0.39 is 40.8 Å². The van der Waals surface area contributed by atoms with Crippen molar-refractivity contribution < 1.29 is 35.5 Å². The number of nitrogen functional groups attached to an aromatic ring is 1. The van der Waals surface area contributed by atoms with E-state index in [-0.39, 0.29) is 29.1 Å². The van der Waals surface area contributed by atoms with Crippen LogP contribution in [0.25, 0.3) is 11.3 Å². The minimum Gasteiger partial charge on any atom is -0.453 e. The number of alkyl halides is 6. The van der Waals surface area contributed by atoms with Gasteiger partial charge in [-0.05, 0) is 43.0 Å². The molecule has 0 spiro atoms. The van der Waals surface area contributed by atoms with Crippen LogP contribution in [-0.4, -0.2) is 9.97 Å². The molecule has 174 valence electrons. The van der Waals surface area contributed by atoms with Crippen LogP contribution in [0.1, 0.15) is 41.9 Å². The first-order valence-corrected chi connectivity index (χ1v) is 9.81. The molecule has 1 fully saturated rings. The van der Waals surface area contributed by atoms with Crippen LogP contribution in [0, 0.1) is 5.82 Å². The molecule has 0 atom stereocenters. The van der Waals surface area contributed by atoms with Gasteiger partial charge in [0.2, 0.25) is 0 Å². The van der Waals surface area contributed by atoms with Gasteiger partial charge < -0.3 is 10.5 Å². The van der Waals surface area contributed by atoms with E-state index in [4.69, 9.17) is 10.5 Å². The Labute approximate surface area is 183 Å². The second-order valence-corrected chi connectivity index (χ2v) is 7.61. The van der Waals surface area contributed by atoms with Crippen LogP contribution in [0.4, 0.5) is 36.6 Å². The third-order valence-corrected chi connectivity index (χ3v) is 5.44. The van der Waals surface area contributed by atoms with Crippen LogP contribution >= 0.6 is 0 Å². The second-order valence-electron chi connectivity index (χ2n) is 7.61. The first-order chi connectivity index (χ1) is 15.4. The van der Waals surface area contributed by atoms with Gasteiger partial charge in [0.15, 0.2) is 11.6 Å². The number of anilines is 1. The monoisotopic (exact) mass is 471 g/mol. The van der Waals surface area contributed by atoms with Crippen molar-refractivity contribution >= 4 is 5.82 Å². The van der Waals surface area contributed by atoms with E-state index >= 15 is 4.39 Å². The zero-order valence-corrected chi connectivity index (χ0v) is 16.8. The van der Waals surface area contributed by atoms with Crippen molar-refractivity contribution in [1.29, 1.82) is 0 Å². The standard InChI is InChI=1S/C22H16F7N3O/c23-19-14(16-9-32-18(30)10-31-16)6-5-13(11-2-1-3-11)20(19)33-17-7-4-12(21(24,25)26)8-15(17)22(27,28)29/h4-11H,1-3H2,(H2,30,32). The zero-order valence-electron chi connectivity index (χ0n) is 16.8. The number of nitrogens with two attached hydrogens (primary N) is 1.